The number of nitrogens with zero attached hydrogens (tertiary/aromatic N) is 2. The van der Waals surface area contributed by atoms with Crippen LogP contribution in [0.25, 0.3) is 11.3 Å². The first-order valence-corrected chi connectivity index (χ1v) is 16.4. The highest BCUT2D eigenvalue weighted by molar-refractivity contribution is 7.89. The van der Waals surface area contributed by atoms with E-state index in [0.29, 0.717) is 50.3 Å². The van der Waals surface area contributed by atoms with Gasteiger partial charge in [-0.25, -0.2) is 12.8 Å². The van der Waals surface area contributed by atoms with Crippen LogP contribution in [0.3, 0.4) is 0 Å². The lowest BCUT2D eigenvalue weighted by Gasteiger charge is -2.40. The number of aromatic nitrogens is 1. The molecule has 2 fully saturated rings. The van der Waals surface area contributed by atoms with E-state index in [2.05, 4.69) is 0 Å². The van der Waals surface area contributed by atoms with Crippen molar-refractivity contribution in [1.29, 1.82) is 0 Å². The first kappa shape index (κ1) is 35.3. The Hall–Kier alpha value is -2.15. The molecule has 11 heteroatoms. The molecule has 2 aliphatic rings. The summed E-state index contributed by atoms with van der Waals surface area (Å²) in [6.45, 7) is 15.6. The largest absolute Gasteiger partial charge is 0.379 e. The molecule has 0 aliphatic carbocycles. The minimum atomic E-state index is -3.82. The number of aldehydes is 1. The maximum Gasteiger partial charge on any atom is 0.245 e. The summed E-state index contributed by atoms with van der Waals surface area (Å²) in [4.78, 5) is 11.3. The molecule has 0 saturated carbocycles. The Balaban J connectivity index is 0.000000765. The molecule has 9 nitrogen and oxygen atoms in total. The van der Waals surface area contributed by atoms with Gasteiger partial charge in [0.2, 0.25) is 10.0 Å². The van der Waals surface area contributed by atoms with Crippen molar-refractivity contribution in [3.63, 3.8) is 0 Å². The molecule has 1 aromatic carbocycles. The van der Waals surface area contributed by atoms with Gasteiger partial charge in [-0.15, -0.1) is 0 Å². The molecule has 3 heterocycles. The Morgan fingerprint density at radius 3 is 2.21 bits per heavy atom. The zero-order valence-corrected chi connectivity index (χ0v) is 27.7. The summed E-state index contributed by atoms with van der Waals surface area (Å²) < 4.78 is 67.4. The van der Waals surface area contributed by atoms with Crippen molar-refractivity contribution in [2.75, 3.05) is 33.4 Å². The maximum absolute atomic E-state index is 13.9. The molecule has 1 aromatic heterocycles. The molecule has 2 unspecified atom stereocenters. The molecule has 43 heavy (non-hydrogen) atoms. The zero-order chi connectivity index (χ0) is 32.0. The van der Waals surface area contributed by atoms with Crippen LogP contribution < -0.4 is 0 Å². The third-order valence-corrected chi connectivity index (χ3v) is 9.38. The number of morpholine rings is 1. The van der Waals surface area contributed by atoms with Crippen LogP contribution in [0.5, 0.6) is 0 Å². The highest BCUT2D eigenvalue weighted by Crippen LogP contribution is 2.37. The summed E-state index contributed by atoms with van der Waals surface area (Å²) in [5, 5.41) is 0. The molecule has 0 radical (unpaired) electrons. The van der Waals surface area contributed by atoms with Crippen molar-refractivity contribution >= 4 is 16.3 Å². The molecule has 0 bridgehead atoms. The summed E-state index contributed by atoms with van der Waals surface area (Å²) in [5.41, 5.74) is 2.10. The van der Waals surface area contributed by atoms with E-state index >= 15 is 0 Å². The lowest BCUT2D eigenvalue weighted by atomic mass is 10.0. The van der Waals surface area contributed by atoms with Gasteiger partial charge in [0, 0.05) is 45.3 Å². The van der Waals surface area contributed by atoms with Gasteiger partial charge >= 0.3 is 0 Å². The van der Waals surface area contributed by atoms with Crippen LogP contribution >= 0.6 is 0 Å². The lowest BCUT2D eigenvalue weighted by Crippen LogP contribution is -2.45. The van der Waals surface area contributed by atoms with Gasteiger partial charge in [0.25, 0.3) is 0 Å². The van der Waals surface area contributed by atoms with Crippen LogP contribution in [0.2, 0.25) is 0 Å². The summed E-state index contributed by atoms with van der Waals surface area (Å²) in [5.74, 6) is -1.16. The second-order valence-corrected chi connectivity index (χ2v) is 14.6. The van der Waals surface area contributed by atoms with E-state index in [1.165, 1.54) is 16.4 Å². The van der Waals surface area contributed by atoms with E-state index in [9.17, 15) is 17.6 Å². The van der Waals surface area contributed by atoms with E-state index in [-0.39, 0.29) is 47.5 Å². The molecular weight excluding hydrogens is 575 g/mol. The Kier molecular flexibility index (Phi) is 12.1. The molecule has 2 aromatic rings. The number of ether oxygens (including phenoxy) is 4. The quantitative estimate of drug-likeness (QED) is 0.328. The standard InChI is InChI=1S/C27H37FN2O6S.C5H12O/c1-19(2)24-18-25(37(32,33)29-12-15-34-16-13-29)26(20-5-7-21(28)8-6-20)30(24)11-9-22-17-23(10-14-31)36-27(3,4)35-22;1-5(2,3)6-4/h5-8,14,18-19,22-23H,9-13,15-17H2,1-4H3;1-4H3. The SMILES string of the molecule is CC(C)c1cc(S(=O)(=O)N2CCOCC2)c(-c2ccc(F)cc2)n1CCC1CC(CC=O)OC(C)(C)O1.COC(C)(C)C. The summed E-state index contributed by atoms with van der Waals surface area (Å²) >= 11 is 0. The number of halogens is 1. The molecule has 2 atom stereocenters. The third kappa shape index (κ3) is 9.67. The van der Waals surface area contributed by atoms with Crippen molar-refractivity contribution in [3.05, 3.63) is 41.8 Å². The Labute approximate surface area is 256 Å². The smallest absolute Gasteiger partial charge is 0.245 e. The number of hydrogen-bond acceptors (Lipinski definition) is 7. The van der Waals surface area contributed by atoms with Gasteiger partial charge in [0.05, 0.1) is 36.7 Å². The van der Waals surface area contributed by atoms with Gasteiger partial charge in [-0.05, 0) is 82.9 Å². The Morgan fingerprint density at radius 1 is 1.09 bits per heavy atom. The number of hydrogen-bond donors (Lipinski definition) is 0. The molecule has 0 spiro atoms. The van der Waals surface area contributed by atoms with Gasteiger partial charge in [0.15, 0.2) is 5.79 Å². The average Bonchev–Trinajstić information content (AvgIpc) is 3.33. The summed E-state index contributed by atoms with van der Waals surface area (Å²) in [7, 11) is -2.11. The number of methoxy groups -OCH3 is 1. The maximum atomic E-state index is 13.9. The molecule has 242 valence electrons. The van der Waals surface area contributed by atoms with Gasteiger partial charge in [0.1, 0.15) is 17.0 Å². The Morgan fingerprint density at radius 2 is 1.67 bits per heavy atom. The van der Waals surface area contributed by atoms with Crippen LogP contribution in [0.1, 0.15) is 79.3 Å². The molecule has 2 aliphatic heterocycles. The fourth-order valence-corrected chi connectivity index (χ4v) is 6.86. The zero-order valence-electron chi connectivity index (χ0n) is 26.9. The molecule has 4 rings (SSSR count). The predicted octanol–water partition coefficient (Wildman–Crippen LogP) is 5.76. The molecular formula is C32H49FN2O7S. The highest BCUT2D eigenvalue weighted by atomic mass is 32.2. The molecule has 0 amide bonds. The number of carbonyl (C=O) groups excluding carboxylic acids is 1. The average molecular weight is 625 g/mol. The molecule has 2 saturated heterocycles. The van der Waals surface area contributed by atoms with E-state index in [1.807, 2.05) is 53.0 Å². The van der Waals surface area contributed by atoms with Gasteiger partial charge in [-0.1, -0.05) is 13.8 Å². The van der Waals surface area contributed by atoms with Gasteiger partial charge in [-0.2, -0.15) is 4.31 Å². The minimum absolute atomic E-state index is 0.0417. The third-order valence-electron chi connectivity index (χ3n) is 7.46. The van der Waals surface area contributed by atoms with E-state index in [1.54, 1.807) is 25.3 Å². The van der Waals surface area contributed by atoms with Crippen LogP contribution in [0, 0.1) is 5.82 Å². The van der Waals surface area contributed by atoms with Crippen LogP contribution in [0.4, 0.5) is 4.39 Å². The molecule has 0 N–H and O–H groups in total. The second-order valence-electron chi connectivity index (χ2n) is 12.7. The number of carbonyl (C=O) groups is 1. The van der Waals surface area contributed by atoms with Gasteiger partial charge in [-0.3, -0.25) is 0 Å². The van der Waals surface area contributed by atoms with Crippen LogP contribution in [0.15, 0.2) is 35.2 Å². The van der Waals surface area contributed by atoms with Crippen LogP contribution in [-0.2, 0) is 40.3 Å². The van der Waals surface area contributed by atoms with E-state index in [4.69, 9.17) is 18.9 Å². The van der Waals surface area contributed by atoms with Crippen molar-refractivity contribution in [2.24, 2.45) is 0 Å². The van der Waals surface area contributed by atoms with Gasteiger partial charge < -0.3 is 28.3 Å². The lowest BCUT2D eigenvalue weighted by molar-refractivity contribution is -0.299. The predicted molar refractivity (Wildman–Crippen MR) is 164 cm³/mol. The van der Waals surface area contributed by atoms with Crippen molar-refractivity contribution in [1.82, 2.24) is 8.87 Å². The number of rotatable bonds is 9. The summed E-state index contributed by atoms with van der Waals surface area (Å²) in [6, 6.07) is 7.70. The first-order chi connectivity index (χ1) is 20.1. The van der Waals surface area contributed by atoms with E-state index < -0.39 is 15.8 Å². The number of benzene rings is 1. The fraction of sp³-hybridized carbons (Fsp3) is 0.656. The second kappa shape index (κ2) is 14.8. The first-order valence-electron chi connectivity index (χ1n) is 15.0. The van der Waals surface area contributed by atoms with Crippen molar-refractivity contribution in [3.8, 4) is 11.3 Å². The normalized spacial score (nSPS) is 21.3. The van der Waals surface area contributed by atoms with Crippen molar-refractivity contribution in [2.45, 2.75) is 109 Å². The van der Waals surface area contributed by atoms with Crippen LogP contribution in [-0.4, -0.2) is 80.6 Å². The highest BCUT2D eigenvalue weighted by Gasteiger charge is 2.36. The van der Waals surface area contributed by atoms with E-state index in [0.717, 1.165) is 12.0 Å². The monoisotopic (exact) mass is 624 g/mol. The Bertz CT molecular complexity index is 1290. The summed E-state index contributed by atoms with van der Waals surface area (Å²) in [6.07, 6.45) is 1.94. The number of sulfonamides is 1. The minimum Gasteiger partial charge on any atom is -0.379 e. The topological polar surface area (TPSA) is 96.3 Å². The fourth-order valence-electron chi connectivity index (χ4n) is 5.21. The van der Waals surface area contributed by atoms with Crippen molar-refractivity contribution < 1.29 is 36.6 Å².